The SMILES string of the molecule is CC(C)=CCCC(C)=CCCC(C)=CCC[C@]1(C)CCc2c(CNCCc3ccc(O)cc3)c(O)c(C)c(C)c2O1. The number of hydrogen-bond acceptors (Lipinski definition) is 4. The lowest BCUT2D eigenvalue weighted by atomic mass is 9.84. The maximum Gasteiger partial charge on any atom is 0.127 e. The van der Waals surface area contributed by atoms with Gasteiger partial charge in [-0.15, -0.1) is 0 Å². The van der Waals surface area contributed by atoms with Gasteiger partial charge in [0, 0.05) is 17.7 Å². The van der Waals surface area contributed by atoms with Gasteiger partial charge in [0.15, 0.2) is 0 Å². The molecule has 0 saturated carbocycles. The van der Waals surface area contributed by atoms with E-state index in [2.05, 4.69) is 65.1 Å². The lowest BCUT2D eigenvalue weighted by Gasteiger charge is -2.38. The van der Waals surface area contributed by atoms with Gasteiger partial charge in [0.25, 0.3) is 0 Å². The zero-order valence-corrected chi connectivity index (χ0v) is 26.6. The second kappa shape index (κ2) is 15.3. The summed E-state index contributed by atoms with van der Waals surface area (Å²) < 4.78 is 6.76. The Morgan fingerprint density at radius 1 is 0.902 bits per heavy atom. The van der Waals surface area contributed by atoms with Gasteiger partial charge in [-0.1, -0.05) is 47.1 Å². The van der Waals surface area contributed by atoms with E-state index >= 15 is 0 Å². The van der Waals surface area contributed by atoms with Crippen LogP contribution in [0.1, 0.15) is 107 Å². The molecular formula is C37H53NO3. The van der Waals surface area contributed by atoms with Gasteiger partial charge in [0.05, 0.1) is 0 Å². The fraction of sp³-hybridized carbons (Fsp3) is 0.514. The number of allylic oxidation sites excluding steroid dienone is 6. The number of nitrogens with one attached hydrogen (secondary N) is 1. The second-order valence-corrected chi connectivity index (χ2v) is 12.5. The molecule has 224 valence electrons. The third kappa shape index (κ3) is 9.81. The molecule has 0 aromatic heterocycles. The van der Waals surface area contributed by atoms with Crippen molar-refractivity contribution in [1.82, 2.24) is 5.32 Å². The highest BCUT2D eigenvalue weighted by atomic mass is 16.5. The standard InChI is InChI=1S/C37H53NO3/c1-26(2)11-8-12-27(3)13-9-14-28(4)15-10-22-37(7)23-20-33-34(35(40)29(5)30(6)36(33)41-37)25-38-24-21-31-16-18-32(39)19-17-31/h11,13,15-19,38-40H,8-10,12,14,20-25H2,1-7H3/t37-/m1/s1. The molecule has 41 heavy (non-hydrogen) atoms. The Morgan fingerprint density at radius 2 is 1.54 bits per heavy atom. The third-order valence-electron chi connectivity index (χ3n) is 8.55. The molecule has 1 heterocycles. The number of hydrogen-bond donors (Lipinski definition) is 3. The molecule has 0 aliphatic carbocycles. The third-order valence-corrected chi connectivity index (χ3v) is 8.55. The average Bonchev–Trinajstić information content (AvgIpc) is 2.92. The van der Waals surface area contributed by atoms with Crippen LogP contribution < -0.4 is 10.1 Å². The molecule has 1 atom stereocenters. The summed E-state index contributed by atoms with van der Waals surface area (Å²) in [4.78, 5) is 0. The van der Waals surface area contributed by atoms with E-state index in [0.29, 0.717) is 12.3 Å². The van der Waals surface area contributed by atoms with Crippen LogP contribution in [-0.2, 0) is 19.4 Å². The average molecular weight is 560 g/mol. The van der Waals surface area contributed by atoms with Crippen LogP contribution in [0, 0.1) is 13.8 Å². The Bertz CT molecular complexity index is 1250. The lowest BCUT2D eigenvalue weighted by Crippen LogP contribution is -2.37. The first-order valence-electron chi connectivity index (χ1n) is 15.4. The van der Waals surface area contributed by atoms with Crippen LogP contribution in [0.2, 0.25) is 0 Å². The summed E-state index contributed by atoms with van der Waals surface area (Å²) in [6, 6.07) is 7.34. The molecule has 0 unspecified atom stereocenters. The maximum atomic E-state index is 11.0. The van der Waals surface area contributed by atoms with Crippen molar-refractivity contribution in [1.29, 1.82) is 0 Å². The van der Waals surface area contributed by atoms with Crippen LogP contribution in [0.3, 0.4) is 0 Å². The molecule has 0 radical (unpaired) electrons. The van der Waals surface area contributed by atoms with Gasteiger partial charge in [-0.25, -0.2) is 0 Å². The summed E-state index contributed by atoms with van der Waals surface area (Å²) in [5.41, 5.74) is 9.38. The van der Waals surface area contributed by atoms with Crippen LogP contribution >= 0.6 is 0 Å². The number of rotatable bonds is 14. The van der Waals surface area contributed by atoms with Gasteiger partial charge in [0.2, 0.25) is 0 Å². The van der Waals surface area contributed by atoms with Crippen LogP contribution in [-0.4, -0.2) is 22.4 Å². The monoisotopic (exact) mass is 559 g/mol. The van der Waals surface area contributed by atoms with Crippen LogP contribution in [0.4, 0.5) is 0 Å². The molecule has 4 nitrogen and oxygen atoms in total. The zero-order valence-electron chi connectivity index (χ0n) is 26.6. The quantitative estimate of drug-likeness (QED) is 0.159. The smallest absolute Gasteiger partial charge is 0.127 e. The Kier molecular flexibility index (Phi) is 12.1. The van der Waals surface area contributed by atoms with Crippen molar-refractivity contribution in [3.8, 4) is 17.2 Å². The van der Waals surface area contributed by atoms with Crippen molar-refractivity contribution >= 4 is 0 Å². The Morgan fingerprint density at radius 3 is 2.20 bits per heavy atom. The summed E-state index contributed by atoms with van der Waals surface area (Å²) in [7, 11) is 0. The number of fused-ring (bicyclic) bond motifs is 1. The van der Waals surface area contributed by atoms with E-state index in [9.17, 15) is 10.2 Å². The summed E-state index contributed by atoms with van der Waals surface area (Å²) in [6.07, 6.45) is 16.4. The Balaban J connectivity index is 1.55. The molecule has 0 spiro atoms. The van der Waals surface area contributed by atoms with Gasteiger partial charge in [-0.2, -0.15) is 0 Å². The highest BCUT2D eigenvalue weighted by molar-refractivity contribution is 5.59. The number of phenolic OH excluding ortho intramolecular Hbond substituents is 2. The molecule has 0 bridgehead atoms. The zero-order chi connectivity index (χ0) is 30.0. The molecule has 4 heteroatoms. The van der Waals surface area contributed by atoms with Gasteiger partial charge >= 0.3 is 0 Å². The van der Waals surface area contributed by atoms with Gasteiger partial charge in [-0.05, 0) is 142 Å². The minimum Gasteiger partial charge on any atom is -0.508 e. The Hall–Kier alpha value is -2.98. The van der Waals surface area contributed by atoms with Gasteiger partial charge < -0.3 is 20.3 Å². The van der Waals surface area contributed by atoms with E-state index in [1.807, 2.05) is 19.1 Å². The number of ether oxygens (including phenoxy) is 1. The van der Waals surface area contributed by atoms with Gasteiger partial charge in [-0.3, -0.25) is 0 Å². The molecule has 1 aliphatic heterocycles. The van der Waals surface area contributed by atoms with Crippen molar-refractivity contribution in [2.24, 2.45) is 0 Å². The highest BCUT2D eigenvalue weighted by Crippen LogP contribution is 2.44. The van der Waals surface area contributed by atoms with Crippen LogP contribution in [0.25, 0.3) is 0 Å². The van der Waals surface area contributed by atoms with Crippen molar-refractivity contribution in [2.45, 2.75) is 118 Å². The van der Waals surface area contributed by atoms with E-state index in [4.69, 9.17) is 4.74 Å². The summed E-state index contributed by atoms with van der Waals surface area (Å²) in [5, 5.41) is 24.1. The highest BCUT2D eigenvalue weighted by Gasteiger charge is 2.34. The molecule has 0 saturated heterocycles. The van der Waals surface area contributed by atoms with Crippen molar-refractivity contribution in [2.75, 3.05) is 6.54 Å². The minimum atomic E-state index is -0.205. The van der Waals surface area contributed by atoms with Crippen LogP contribution in [0.5, 0.6) is 17.2 Å². The van der Waals surface area contributed by atoms with E-state index in [1.165, 1.54) is 22.3 Å². The molecule has 2 aromatic carbocycles. The molecule has 0 amide bonds. The van der Waals surface area contributed by atoms with Crippen LogP contribution in [0.15, 0.2) is 59.2 Å². The maximum absolute atomic E-state index is 11.0. The minimum absolute atomic E-state index is 0.205. The molecule has 2 aromatic rings. The number of aromatic hydroxyl groups is 2. The second-order valence-electron chi connectivity index (χ2n) is 12.5. The van der Waals surface area contributed by atoms with E-state index in [0.717, 1.165) is 92.3 Å². The normalized spacial score (nSPS) is 17.2. The van der Waals surface area contributed by atoms with E-state index in [-0.39, 0.29) is 11.4 Å². The summed E-state index contributed by atoms with van der Waals surface area (Å²) in [6.45, 7) is 16.5. The molecule has 3 N–H and O–H groups in total. The summed E-state index contributed by atoms with van der Waals surface area (Å²) in [5.74, 6) is 1.65. The predicted molar refractivity (Wildman–Crippen MR) is 173 cm³/mol. The molecule has 0 fully saturated rings. The molecule has 3 rings (SSSR count). The first-order chi connectivity index (χ1) is 19.5. The fourth-order valence-electron chi connectivity index (χ4n) is 5.61. The van der Waals surface area contributed by atoms with Crippen molar-refractivity contribution in [3.63, 3.8) is 0 Å². The van der Waals surface area contributed by atoms with E-state index < -0.39 is 0 Å². The van der Waals surface area contributed by atoms with E-state index in [1.54, 1.807) is 12.1 Å². The first kappa shape index (κ1) is 32.5. The van der Waals surface area contributed by atoms with Crippen molar-refractivity contribution in [3.05, 3.63) is 87.0 Å². The van der Waals surface area contributed by atoms with Crippen molar-refractivity contribution < 1.29 is 14.9 Å². The Labute approximate surface area is 249 Å². The largest absolute Gasteiger partial charge is 0.508 e. The number of benzene rings is 2. The lowest BCUT2D eigenvalue weighted by molar-refractivity contribution is 0.0557. The fourth-order valence-corrected chi connectivity index (χ4v) is 5.61. The van der Waals surface area contributed by atoms with Gasteiger partial charge in [0.1, 0.15) is 22.8 Å². The first-order valence-corrected chi connectivity index (χ1v) is 15.4. The number of phenols is 2. The summed E-state index contributed by atoms with van der Waals surface area (Å²) >= 11 is 0. The predicted octanol–water partition coefficient (Wildman–Crippen LogP) is 9.33. The molecule has 1 aliphatic rings. The molecular weight excluding hydrogens is 506 g/mol. The topological polar surface area (TPSA) is 61.7 Å².